The molecular weight excluding hydrogens is 449 g/mol. The monoisotopic (exact) mass is 482 g/mol. The topological polar surface area (TPSA) is 18.5 Å². The summed E-state index contributed by atoms with van der Waals surface area (Å²) in [4.78, 5) is 0. The second-order valence-corrected chi connectivity index (χ2v) is 9.52. The smallest absolute Gasteiger partial charge is 0.174 e. The van der Waals surface area contributed by atoms with Gasteiger partial charge in [-0.15, -0.1) is 0 Å². The van der Waals surface area contributed by atoms with Gasteiger partial charge in [-0.2, -0.15) is 0 Å². The Morgan fingerprint density at radius 1 is 0.914 bits per heavy atom. The molecule has 186 valence electrons. The first-order valence-electron chi connectivity index (χ1n) is 12.6. The van der Waals surface area contributed by atoms with Gasteiger partial charge in [0.15, 0.2) is 11.6 Å². The first-order valence-corrected chi connectivity index (χ1v) is 12.6. The van der Waals surface area contributed by atoms with Crippen LogP contribution in [0.5, 0.6) is 5.75 Å². The fraction of sp³-hybridized carbons (Fsp3) is 0.467. The normalized spacial score (nSPS) is 24.0. The van der Waals surface area contributed by atoms with Crippen LogP contribution >= 0.6 is 0 Å². The molecular formula is C30H33F3O2. The van der Waals surface area contributed by atoms with Crippen molar-refractivity contribution in [1.29, 1.82) is 0 Å². The molecule has 0 radical (unpaired) electrons. The second-order valence-electron chi connectivity index (χ2n) is 9.52. The molecule has 2 nitrogen and oxygen atoms in total. The summed E-state index contributed by atoms with van der Waals surface area (Å²) in [6.45, 7) is 4.99. The summed E-state index contributed by atoms with van der Waals surface area (Å²) in [6, 6.07) is 7.51. The van der Waals surface area contributed by atoms with E-state index < -0.39 is 17.5 Å². The molecule has 0 aromatic heterocycles. The lowest BCUT2D eigenvalue weighted by Crippen LogP contribution is -2.34. The number of hydrogen-bond acceptors (Lipinski definition) is 2. The van der Waals surface area contributed by atoms with Crippen molar-refractivity contribution in [3.05, 3.63) is 76.6 Å². The molecule has 0 N–H and O–H groups in total. The van der Waals surface area contributed by atoms with Crippen LogP contribution in [0.3, 0.4) is 0 Å². The van der Waals surface area contributed by atoms with Crippen molar-refractivity contribution in [2.24, 2.45) is 11.8 Å². The van der Waals surface area contributed by atoms with Crippen LogP contribution in [0, 0.1) is 41.1 Å². The predicted molar refractivity (Wildman–Crippen MR) is 132 cm³/mol. The lowest BCUT2D eigenvalue weighted by atomic mass is 9.65. The summed E-state index contributed by atoms with van der Waals surface area (Å²) in [6.07, 6.45) is 9.98. The van der Waals surface area contributed by atoms with E-state index in [2.05, 4.69) is 11.8 Å². The van der Waals surface area contributed by atoms with Gasteiger partial charge in [0, 0.05) is 12.7 Å². The van der Waals surface area contributed by atoms with E-state index >= 15 is 4.39 Å². The summed E-state index contributed by atoms with van der Waals surface area (Å²) in [7, 11) is 0. The summed E-state index contributed by atoms with van der Waals surface area (Å²) >= 11 is 0. The minimum atomic E-state index is -0.955. The van der Waals surface area contributed by atoms with Crippen molar-refractivity contribution < 1.29 is 22.6 Å². The predicted octanol–water partition coefficient (Wildman–Crippen LogP) is 7.55. The number of fused-ring (bicyclic) bond motifs is 1. The SMILES string of the molecule is C/C=C/COc1ccc(C#Cc2ccc(C3CCC4CC(OCC)CCC4C3)c(F)c2F)c(F)c1. The number of rotatable bonds is 6. The van der Waals surface area contributed by atoms with E-state index in [1.165, 1.54) is 18.2 Å². The molecule has 4 unspecified atom stereocenters. The number of hydrogen-bond donors (Lipinski definition) is 0. The molecule has 2 saturated carbocycles. The molecule has 5 heteroatoms. The van der Waals surface area contributed by atoms with Crippen molar-refractivity contribution >= 4 is 0 Å². The van der Waals surface area contributed by atoms with Gasteiger partial charge in [-0.25, -0.2) is 13.2 Å². The fourth-order valence-corrected chi connectivity index (χ4v) is 5.55. The Hall–Kier alpha value is -2.71. The van der Waals surface area contributed by atoms with Crippen LogP contribution in [0.25, 0.3) is 0 Å². The average Bonchev–Trinajstić information content (AvgIpc) is 2.86. The average molecular weight is 483 g/mol. The number of benzene rings is 2. The molecule has 0 aliphatic heterocycles. The largest absolute Gasteiger partial charge is 0.489 e. The van der Waals surface area contributed by atoms with E-state index in [1.807, 2.05) is 26.0 Å². The molecule has 2 aromatic carbocycles. The molecule has 0 amide bonds. The van der Waals surface area contributed by atoms with Crippen LogP contribution in [0.4, 0.5) is 13.2 Å². The Labute approximate surface area is 206 Å². The lowest BCUT2D eigenvalue weighted by Gasteiger charge is -2.42. The highest BCUT2D eigenvalue weighted by Crippen LogP contribution is 2.47. The van der Waals surface area contributed by atoms with E-state index in [4.69, 9.17) is 9.47 Å². The van der Waals surface area contributed by atoms with Crippen LogP contribution in [0.1, 0.15) is 75.0 Å². The number of allylic oxidation sites excluding steroid dienone is 1. The molecule has 0 saturated heterocycles. The standard InChI is InChI=1S/C30H33F3O2/c1-3-5-16-35-26-13-10-20(28(31)19-26)6-7-21-12-15-27(30(33)29(21)32)24-9-8-23-18-25(34-4-2)14-11-22(23)17-24/h3,5,10,12-13,15,19,22-25H,4,8-9,11,14,16-18H2,1-2H3/b5-3+. The summed E-state index contributed by atoms with van der Waals surface area (Å²) in [5.74, 6) is 4.45. The third-order valence-corrected chi connectivity index (χ3v) is 7.37. The molecule has 2 aliphatic carbocycles. The van der Waals surface area contributed by atoms with Gasteiger partial charge >= 0.3 is 0 Å². The molecule has 2 aliphatic rings. The number of halogens is 3. The van der Waals surface area contributed by atoms with Gasteiger partial charge in [-0.1, -0.05) is 30.1 Å². The van der Waals surface area contributed by atoms with Gasteiger partial charge in [0.05, 0.1) is 17.2 Å². The van der Waals surface area contributed by atoms with Crippen molar-refractivity contribution in [3.63, 3.8) is 0 Å². The van der Waals surface area contributed by atoms with Crippen LogP contribution in [-0.2, 0) is 4.74 Å². The van der Waals surface area contributed by atoms with Crippen LogP contribution in [-0.4, -0.2) is 19.3 Å². The highest BCUT2D eigenvalue weighted by molar-refractivity contribution is 5.47. The van der Waals surface area contributed by atoms with Gasteiger partial charge < -0.3 is 9.47 Å². The third-order valence-electron chi connectivity index (χ3n) is 7.37. The Morgan fingerprint density at radius 3 is 2.43 bits per heavy atom. The molecule has 0 heterocycles. The first kappa shape index (κ1) is 25.4. The maximum atomic E-state index is 15.1. The molecule has 35 heavy (non-hydrogen) atoms. The molecule has 4 atom stereocenters. The van der Waals surface area contributed by atoms with Crippen LogP contribution in [0.2, 0.25) is 0 Å². The van der Waals surface area contributed by atoms with Crippen molar-refractivity contribution in [2.45, 2.75) is 64.4 Å². The zero-order chi connectivity index (χ0) is 24.8. The Bertz CT molecular complexity index is 1110. The minimum Gasteiger partial charge on any atom is -0.489 e. The Kier molecular flexibility index (Phi) is 8.57. The summed E-state index contributed by atoms with van der Waals surface area (Å²) in [5.41, 5.74) is 0.477. The maximum Gasteiger partial charge on any atom is 0.174 e. The molecule has 0 bridgehead atoms. The molecule has 2 fully saturated rings. The van der Waals surface area contributed by atoms with Crippen LogP contribution in [0.15, 0.2) is 42.5 Å². The minimum absolute atomic E-state index is 0.0175. The first-order chi connectivity index (χ1) is 17.0. The summed E-state index contributed by atoms with van der Waals surface area (Å²) in [5, 5.41) is 0. The fourth-order valence-electron chi connectivity index (χ4n) is 5.55. The Morgan fingerprint density at radius 2 is 1.66 bits per heavy atom. The summed E-state index contributed by atoms with van der Waals surface area (Å²) < 4.78 is 55.6. The van der Waals surface area contributed by atoms with Gasteiger partial charge in [-0.3, -0.25) is 0 Å². The highest BCUT2D eigenvalue weighted by Gasteiger charge is 2.37. The van der Waals surface area contributed by atoms with E-state index in [0.717, 1.165) is 45.1 Å². The van der Waals surface area contributed by atoms with E-state index in [0.29, 0.717) is 35.9 Å². The van der Waals surface area contributed by atoms with E-state index in [9.17, 15) is 8.78 Å². The molecule has 4 rings (SSSR count). The van der Waals surface area contributed by atoms with Crippen molar-refractivity contribution in [3.8, 4) is 17.6 Å². The van der Waals surface area contributed by atoms with Crippen LogP contribution < -0.4 is 4.74 Å². The quantitative estimate of drug-likeness (QED) is 0.313. The zero-order valence-corrected chi connectivity index (χ0v) is 20.5. The van der Waals surface area contributed by atoms with Crippen molar-refractivity contribution in [1.82, 2.24) is 0 Å². The highest BCUT2D eigenvalue weighted by atomic mass is 19.2. The van der Waals surface area contributed by atoms with E-state index in [1.54, 1.807) is 12.1 Å². The van der Waals surface area contributed by atoms with Gasteiger partial charge in [0.1, 0.15) is 18.2 Å². The third kappa shape index (κ3) is 6.11. The zero-order valence-electron chi connectivity index (χ0n) is 20.5. The maximum absolute atomic E-state index is 15.1. The van der Waals surface area contributed by atoms with Gasteiger partial charge in [0.25, 0.3) is 0 Å². The van der Waals surface area contributed by atoms with Crippen molar-refractivity contribution in [2.75, 3.05) is 13.2 Å². The lowest BCUT2D eigenvalue weighted by molar-refractivity contribution is -0.00970. The number of ether oxygens (including phenoxy) is 2. The molecule has 2 aromatic rings. The van der Waals surface area contributed by atoms with Gasteiger partial charge in [-0.05, 0) is 93.9 Å². The molecule has 0 spiro atoms. The van der Waals surface area contributed by atoms with Gasteiger partial charge in [0.2, 0.25) is 0 Å². The Balaban J connectivity index is 1.45. The van der Waals surface area contributed by atoms with E-state index in [-0.39, 0.29) is 17.0 Å². The second kappa shape index (κ2) is 11.8.